The molecule has 0 saturated heterocycles. The van der Waals surface area contributed by atoms with Crippen LogP contribution in [0.4, 0.5) is 0 Å². The second-order valence-electron chi connectivity index (χ2n) is 4.51. The smallest absolute Gasteiger partial charge is 0.330 e. The summed E-state index contributed by atoms with van der Waals surface area (Å²) in [5, 5.41) is 0. The highest BCUT2D eigenvalue weighted by Crippen LogP contribution is 2.05. The molecule has 0 heterocycles. The average molecular weight is 298 g/mol. The zero-order chi connectivity index (χ0) is 16.3. The number of rotatable bonds is 11. The van der Waals surface area contributed by atoms with E-state index in [1.54, 1.807) is 0 Å². The third kappa shape index (κ3) is 20.9. The van der Waals surface area contributed by atoms with Gasteiger partial charge in [0.15, 0.2) is 0 Å². The number of unbranched alkanes of at least 4 members (excludes halogenated alkanes) is 6. The van der Waals surface area contributed by atoms with Crippen molar-refractivity contribution in [2.75, 3.05) is 13.2 Å². The van der Waals surface area contributed by atoms with Crippen LogP contribution in [0.5, 0.6) is 0 Å². The van der Waals surface area contributed by atoms with Crippen molar-refractivity contribution >= 4 is 11.9 Å². The molecule has 0 N–H and O–H groups in total. The first-order chi connectivity index (χ1) is 10.1. The summed E-state index contributed by atoms with van der Waals surface area (Å²) in [5.41, 5.74) is 0. The summed E-state index contributed by atoms with van der Waals surface area (Å²) in [6, 6.07) is 0. The van der Waals surface area contributed by atoms with Crippen molar-refractivity contribution < 1.29 is 19.1 Å². The lowest BCUT2D eigenvalue weighted by Gasteiger charge is -2.01. The molecule has 4 heteroatoms. The molecule has 0 aromatic rings. The minimum absolute atomic E-state index is 0.0322. The predicted octanol–water partition coefficient (Wildman–Crippen LogP) is 4.20. The molecule has 0 aromatic carbocycles. The topological polar surface area (TPSA) is 52.6 Å². The molecular formula is C17H30O4. The van der Waals surface area contributed by atoms with Gasteiger partial charge in [-0.25, -0.2) is 9.59 Å². The number of hydrogen-bond donors (Lipinski definition) is 0. The number of hydrogen-bond acceptors (Lipinski definition) is 4. The molecule has 0 bridgehead atoms. The van der Waals surface area contributed by atoms with Crippen molar-refractivity contribution in [3.05, 3.63) is 25.3 Å². The van der Waals surface area contributed by atoms with Crippen molar-refractivity contribution in [3.8, 4) is 0 Å². The molecule has 0 unspecified atom stereocenters. The van der Waals surface area contributed by atoms with E-state index in [1.165, 1.54) is 44.9 Å². The third-order valence-electron chi connectivity index (χ3n) is 2.61. The van der Waals surface area contributed by atoms with Crippen LogP contribution in [0.15, 0.2) is 25.3 Å². The molecule has 0 spiro atoms. The molecule has 0 aliphatic heterocycles. The SMILES string of the molecule is C=CC(=O)OCCOC(=O)C=C.CCCCCCCCC. The maximum Gasteiger partial charge on any atom is 0.330 e. The van der Waals surface area contributed by atoms with E-state index in [2.05, 4.69) is 36.5 Å². The zero-order valence-corrected chi connectivity index (χ0v) is 13.6. The monoisotopic (exact) mass is 298 g/mol. The van der Waals surface area contributed by atoms with E-state index in [9.17, 15) is 9.59 Å². The number of carbonyl (C=O) groups excluding carboxylic acids is 2. The predicted molar refractivity (Wildman–Crippen MR) is 86.0 cm³/mol. The standard InChI is InChI=1S/C9H20.C8H10O4/c1-3-5-7-9-8-6-4-2;1-3-7(9)11-5-6-12-8(10)4-2/h3-9H2,1-2H3;3-4H,1-2,5-6H2. The van der Waals surface area contributed by atoms with E-state index >= 15 is 0 Å². The number of carbonyl (C=O) groups is 2. The second kappa shape index (κ2) is 18.4. The lowest BCUT2D eigenvalue weighted by Crippen LogP contribution is -2.10. The molecule has 122 valence electrons. The summed E-state index contributed by atoms with van der Waals surface area (Å²) >= 11 is 0. The van der Waals surface area contributed by atoms with Gasteiger partial charge in [-0.15, -0.1) is 0 Å². The third-order valence-corrected chi connectivity index (χ3v) is 2.61. The molecule has 4 nitrogen and oxygen atoms in total. The summed E-state index contributed by atoms with van der Waals surface area (Å²) in [4.78, 5) is 20.9. The van der Waals surface area contributed by atoms with Crippen molar-refractivity contribution in [3.63, 3.8) is 0 Å². The molecule has 0 amide bonds. The lowest BCUT2D eigenvalue weighted by molar-refractivity contribution is -0.146. The van der Waals surface area contributed by atoms with Gasteiger partial charge in [0, 0.05) is 12.2 Å². The van der Waals surface area contributed by atoms with Gasteiger partial charge >= 0.3 is 11.9 Å². The minimum Gasteiger partial charge on any atom is -0.459 e. The Bertz CT molecular complexity index is 257. The molecular weight excluding hydrogens is 268 g/mol. The number of ether oxygens (including phenoxy) is 2. The Kier molecular flexibility index (Phi) is 19.0. The number of esters is 2. The molecule has 0 aromatic heterocycles. The fourth-order valence-corrected chi connectivity index (χ4v) is 1.43. The van der Waals surface area contributed by atoms with Gasteiger partial charge < -0.3 is 9.47 Å². The summed E-state index contributed by atoms with van der Waals surface area (Å²) in [7, 11) is 0. The van der Waals surface area contributed by atoms with Crippen molar-refractivity contribution in [2.45, 2.75) is 58.8 Å². The largest absolute Gasteiger partial charge is 0.459 e. The van der Waals surface area contributed by atoms with Gasteiger partial charge in [-0.2, -0.15) is 0 Å². The fourth-order valence-electron chi connectivity index (χ4n) is 1.43. The molecule has 21 heavy (non-hydrogen) atoms. The van der Waals surface area contributed by atoms with Crippen molar-refractivity contribution in [1.29, 1.82) is 0 Å². The Labute approximate surface area is 129 Å². The molecule has 0 saturated carbocycles. The van der Waals surface area contributed by atoms with E-state index in [0.717, 1.165) is 12.2 Å². The van der Waals surface area contributed by atoms with Gasteiger partial charge in [-0.1, -0.05) is 72.0 Å². The molecule has 0 aliphatic carbocycles. The first-order valence-electron chi connectivity index (χ1n) is 7.70. The highest BCUT2D eigenvalue weighted by molar-refractivity contribution is 5.81. The van der Waals surface area contributed by atoms with E-state index in [4.69, 9.17) is 0 Å². The molecule has 0 fully saturated rings. The molecule has 0 radical (unpaired) electrons. The van der Waals surface area contributed by atoms with Crippen LogP contribution in [0, 0.1) is 0 Å². The first-order valence-corrected chi connectivity index (χ1v) is 7.70. The quantitative estimate of drug-likeness (QED) is 0.326. The van der Waals surface area contributed by atoms with Crippen LogP contribution in [0.25, 0.3) is 0 Å². The first kappa shape index (κ1) is 21.7. The zero-order valence-electron chi connectivity index (χ0n) is 13.6. The van der Waals surface area contributed by atoms with E-state index in [-0.39, 0.29) is 13.2 Å². The molecule has 0 aliphatic rings. The van der Waals surface area contributed by atoms with Gasteiger partial charge in [-0.05, 0) is 0 Å². The second-order valence-corrected chi connectivity index (χ2v) is 4.51. The van der Waals surface area contributed by atoms with E-state index in [0.29, 0.717) is 0 Å². The Morgan fingerprint density at radius 3 is 1.38 bits per heavy atom. The summed E-state index contributed by atoms with van der Waals surface area (Å²) in [6.45, 7) is 11.0. The van der Waals surface area contributed by atoms with Crippen LogP contribution >= 0.6 is 0 Å². The van der Waals surface area contributed by atoms with Gasteiger partial charge in [0.1, 0.15) is 13.2 Å². The Morgan fingerprint density at radius 2 is 1.10 bits per heavy atom. The van der Waals surface area contributed by atoms with Crippen LogP contribution in [0.2, 0.25) is 0 Å². The summed E-state index contributed by atoms with van der Waals surface area (Å²) in [5.74, 6) is -1.07. The maximum atomic E-state index is 10.4. The molecule has 0 atom stereocenters. The van der Waals surface area contributed by atoms with Gasteiger partial charge in [-0.3, -0.25) is 0 Å². The van der Waals surface area contributed by atoms with Crippen LogP contribution in [-0.2, 0) is 19.1 Å². The minimum atomic E-state index is -0.537. The van der Waals surface area contributed by atoms with Crippen LogP contribution < -0.4 is 0 Å². The Hall–Kier alpha value is -1.58. The van der Waals surface area contributed by atoms with Crippen LogP contribution in [-0.4, -0.2) is 25.2 Å². The van der Waals surface area contributed by atoms with Crippen molar-refractivity contribution in [2.24, 2.45) is 0 Å². The Balaban J connectivity index is 0. The van der Waals surface area contributed by atoms with Gasteiger partial charge in [0.25, 0.3) is 0 Å². The maximum absolute atomic E-state index is 10.4. The highest BCUT2D eigenvalue weighted by Gasteiger charge is 1.97. The van der Waals surface area contributed by atoms with Crippen LogP contribution in [0.1, 0.15) is 58.8 Å². The lowest BCUT2D eigenvalue weighted by atomic mass is 10.1. The van der Waals surface area contributed by atoms with Gasteiger partial charge in [0.05, 0.1) is 0 Å². The van der Waals surface area contributed by atoms with Crippen molar-refractivity contribution in [1.82, 2.24) is 0 Å². The van der Waals surface area contributed by atoms with E-state index < -0.39 is 11.9 Å². The fraction of sp³-hybridized carbons (Fsp3) is 0.647. The van der Waals surface area contributed by atoms with E-state index in [1.807, 2.05) is 0 Å². The summed E-state index contributed by atoms with van der Waals surface area (Å²) < 4.78 is 9.04. The summed E-state index contributed by atoms with van der Waals surface area (Å²) in [6.07, 6.45) is 12.0. The average Bonchev–Trinajstić information content (AvgIpc) is 2.51. The molecule has 0 rings (SSSR count). The van der Waals surface area contributed by atoms with Gasteiger partial charge in [0.2, 0.25) is 0 Å². The van der Waals surface area contributed by atoms with Crippen LogP contribution in [0.3, 0.4) is 0 Å². The Morgan fingerprint density at radius 1 is 0.762 bits per heavy atom. The normalized spacial score (nSPS) is 9.05. The highest BCUT2D eigenvalue weighted by atomic mass is 16.6.